The third-order valence-electron chi connectivity index (χ3n) is 3.65. The number of Topliss-reactive ketones (excluding diaryl/α,β-unsaturated/α-hetero) is 1. The van der Waals surface area contributed by atoms with Crippen LogP contribution >= 0.6 is 11.3 Å². The number of urea groups is 1. The van der Waals surface area contributed by atoms with Crippen LogP contribution < -0.4 is 5.32 Å². The molecule has 2 heterocycles. The van der Waals surface area contributed by atoms with Gasteiger partial charge in [0.25, 0.3) is 5.91 Å². The molecule has 1 saturated heterocycles. The van der Waals surface area contributed by atoms with Crippen molar-refractivity contribution in [1.82, 2.24) is 15.1 Å². The number of nitrogens with zero attached hydrogens (tertiary/aromatic N) is 2. The third kappa shape index (κ3) is 4.54. The fourth-order valence-electron chi connectivity index (χ4n) is 2.46. The van der Waals surface area contributed by atoms with E-state index in [1.54, 1.807) is 21.9 Å². The molecule has 0 bridgehead atoms. The van der Waals surface area contributed by atoms with Gasteiger partial charge in [0.05, 0.1) is 9.75 Å². The van der Waals surface area contributed by atoms with Crippen LogP contribution in [0.5, 0.6) is 0 Å². The van der Waals surface area contributed by atoms with Crippen LogP contribution in [0.2, 0.25) is 0 Å². The maximum atomic E-state index is 12.5. The second-order valence-corrected chi connectivity index (χ2v) is 7.04. The molecule has 1 aromatic heterocycles. The molecule has 1 N–H and O–H groups in total. The van der Waals surface area contributed by atoms with E-state index in [0.29, 0.717) is 35.9 Å². The highest BCUT2D eigenvalue weighted by atomic mass is 32.1. The Hall–Kier alpha value is -1.89. The quantitative estimate of drug-likeness (QED) is 0.860. The molecule has 1 aromatic rings. The number of carbonyl (C=O) groups excluding carboxylic acids is 3. The first-order valence-corrected chi connectivity index (χ1v) is 8.65. The number of hydrogen-bond acceptors (Lipinski definition) is 4. The predicted molar refractivity (Wildman–Crippen MR) is 90.1 cm³/mol. The molecule has 3 amide bonds. The van der Waals surface area contributed by atoms with Crippen LogP contribution in [-0.4, -0.2) is 59.7 Å². The Morgan fingerprint density at radius 1 is 1.04 bits per heavy atom. The summed E-state index contributed by atoms with van der Waals surface area (Å²) < 4.78 is 0. The molecule has 2 rings (SSSR count). The standard InChI is InChI=1S/C16H23N3O3S/c1-11(2)17-16(22)19-8-4-7-18(9-10-19)15(21)14-6-5-13(23-14)12(3)20/h5-6,11H,4,7-10H2,1-3H3,(H,17,22). The van der Waals surface area contributed by atoms with Crippen molar-refractivity contribution < 1.29 is 14.4 Å². The van der Waals surface area contributed by atoms with E-state index >= 15 is 0 Å². The van der Waals surface area contributed by atoms with E-state index < -0.39 is 0 Å². The minimum absolute atomic E-state index is 0.0264. The lowest BCUT2D eigenvalue weighted by Gasteiger charge is -2.23. The van der Waals surface area contributed by atoms with Gasteiger partial charge in [-0.25, -0.2) is 4.79 Å². The van der Waals surface area contributed by atoms with Crippen LogP contribution in [0.25, 0.3) is 0 Å². The van der Waals surface area contributed by atoms with Crippen LogP contribution in [0.1, 0.15) is 46.5 Å². The molecule has 0 unspecified atom stereocenters. The molecule has 7 heteroatoms. The SMILES string of the molecule is CC(=O)c1ccc(C(=O)N2CCCN(C(=O)NC(C)C)CC2)s1. The summed E-state index contributed by atoms with van der Waals surface area (Å²) in [6, 6.07) is 3.42. The summed E-state index contributed by atoms with van der Waals surface area (Å²) in [7, 11) is 0. The minimum Gasteiger partial charge on any atom is -0.336 e. The molecule has 0 aromatic carbocycles. The second-order valence-electron chi connectivity index (χ2n) is 5.96. The first-order valence-electron chi connectivity index (χ1n) is 7.84. The van der Waals surface area contributed by atoms with E-state index in [-0.39, 0.29) is 23.8 Å². The Morgan fingerprint density at radius 3 is 2.26 bits per heavy atom. The van der Waals surface area contributed by atoms with E-state index in [2.05, 4.69) is 5.32 Å². The fraction of sp³-hybridized carbons (Fsp3) is 0.562. The molecule has 1 fully saturated rings. The smallest absolute Gasteiger partial charge is 0.317 e. The third-order valence-corrected chi connectivity index (χ3v) is 4.82. The van der Waals surface area contributed by atoms with E-state index in [0.717, 1.165) is 6.42 Å². The highest BCUT2D eigenvalue weighted by Crippen LogP contribution is 2.19. The van der Waals surface area contributed by atoms with Gasteiger partial charge in [-0.1, -0.05) is 0 Å². The maximum absolute atomic E-state index is 12.5. The number of nitrogens with one attached hydrogen (secondary N) is 1. The predicted octanol–water partition coefficient (Wildman–Crippen LogP) is 2.22. The number of hydrogen-bond donors (Lipinski definition) is 1. The molecule has 0 spiro atoms. The molecule has 1 aliphatic rings. The number of ketones is 1. The Balaban J connectivity index is 1.98. The van der Waals surface area contributed by atoms with Crippen molar-refractivity contribution in [1.29, 1.82) is 0 Å². The van der Waals surface area contributed by atoms with Gasteiger partial charge in [-0.3, -0.25) is 9.59 Å². The largest absolute Gasteiger partial charge is 0.336 e. The van der Waals surface area contributed by atoms with E-state index in [9.17, 15) is 14.4 Å². The van der Waals surface area contributed by atoms with Crippen molar-refractivity contribution in [2.24, 2.45) is 0 Å². The van der Waals surface area contributed by atoms with Crippen molar-refractivity contribution in [3.8, 4) is 0 Å². The fourth-order valence-corrected chi connectivity index (χ4v) is 3.33. The van der Waals surface area contributed by atoms with Gasteiger partial charge in [0.1, 0.15) is 0 Å². The summed E-state index contributed by atoms with van der Waals surface area (Å²) in [6.45, 7) is 7.65. The highest BCUT2D eigenvalue weighted by Gasteiger charge is 2.24. The zero-order chi connectivity index (χ0) is 17.0. The number of carbonyl (C=O) groups is 3. The number of rotatable bonds is 3. The lowest BCUT2D eigenvalue weighted by atomic mass is 10.3. The molecule has 126 valence electrons. The van der Waals surface area contributed by atoms with Gasteiger partial charge in [-0.05, 0) is 39.3 Å². The maximum Gasteiger partial charge on any atom is 0.317 e. The van der Waals surface area contributed by atoms with Crippen LogP contribution in [0.15, 0.2) is 12.1 Å². The molecule has 0 aliphatic carbocycles. The normalized spacial score (nSPS) is 15.5. The van der Waals surface area contributed by atoms with Gasteiger partial charge in [0.2, 0.25) is 0 Å². The summed E-state index contributed by atoms with van der Waals surface area (Å²) in [6.07, 6.45) is 0.752. The van der Waals surface area contributed by atoms with Crippen LogP contribution in [0.3, 0.4) is 0 Å². The topological polar surface area (TPSA) is 69.7 Å². The van der Waals surface area contributed by atoms with Gasteiger partial charge in [-0.15, -0.1) is 11.3 Å². The van der Waals surface area contributed by atoms with Gasteiger partial charge < -0.3 is 15.1 Å². The summed E-state index contributed by atoms with van der Waals surface area (Å²) in [5.74, 6) is -0.0879. The molecular formula is C16H23N3O3S. The zero-order valence-electron chi connectivity index (χ0n) is 13.8. The molecular weight excluding hydrogens is 314 g/mol. The van der Waals surface area contributed by atoms with Gasteiger partial charge >= 0.3 is 6.03 Å². The van der Waals surface area contributed by atoms with Gasteiger partial charge in [0, 0.05) is 32.2 Å². The van der Waals surface area contributed by atoms with E-state index in [4.69, 9.17) is 0 Å². The Morgan fingerprint density at radius 2 is 1.65 bits per heavy atom. The van der Waals surface area contributed by atoms with E-state index in [1.807, 2.05) is 13.8 Å². The Kier molecular flexibility index (Phi) is 5.76. The van der Waals surface area contributed by atoms with Crippen molar-refractivity contribution in [2.45, 2.75) is 33.2 Å². The summed E-state index contributed by atoms with van der Waals surface area (Å²) in [5, 5.41) is 2.88. The molecule has 6 nitrogen and oxygen atoms in total. The molecule has 0 atom stereocenters. The monoisotopic (exact) mass is 337 g/mol. The Bertz CT molecular complexity index is 597. The second kappa shape index (κ2) is 7.59. The summed E-state index contributed by atoms with van der Waals surface area (Å²) >= 11 is 1.23. The summed E-state index contributed by atoms with van der Waals surface area (Å²) in [4.78, 5) is 40.7. The average molecular weight is 337 g/mol. The number of thiophene rings is 1. The average Bonchev–Trinajstić information content (AvgIpc) is 2.84. The highest BCUT2D eigenvalue weighted by molar-refractivity contribution is 7.15. The zero-order valence-corrected chi connectivity index (χ0v) is 14.6. The van der Waals surface area contributed by atoms with Gasteiger partial charge in [-0.2, -0.15) is 0 Å². The van der Waals surface area contributed by atoms with Crippen molar-refractivity contribution in [3.05, 3.63) is 21.9 Å². The van der Waals surface area contributed by atoms with Gasteiger partial charge in [0.15, 0.2) is 5.78 Å². The minimum atomic E-state index is -0.0794. The lowest BCUT2D eigenvalue weighted by molar-refractivity contribution is 0.0767. The summed E-state index contributed by atoms with van der Waals surface area (Å²) in [5.41, 5.74) is 0. The van der Waals surface area contributed by atoms with Crippen molar-refractivity contribution in [3.63, 3.8) is 0 Å². The molecule has 23 heavy (non-hydrogen) atoms. The molecule has 1 aliphatic heterocycles. The first-order chi connectivity index (χ1) is 10.9. The molecule has 0 radical (unpaired) electrons. The Labute approximate surface area is 140 Å². The molecule has 0 saturated carbocycles. The van der Waals surface area contributed by atoms with Crippen molar-refractivity contribution >= 4 is 29.1 Å². The number of amides is 3. The first kappa shape index (κ1) is 17.5. The van der Waals surface area contributed by atoms with Crippen LogP contribution in [0.4, 0.5) is 4.79 Å². The van der Waals surface area contributed by atoms with Crippen LogP contribution in [-0.2, 0) is 0 Å². The van der Waals surface area contributed by atoms with Crippen molar-refractivity contribution in [2.75, 3.05) is 26.2 Å². The van der Waals surface area contributed by atoms with Crippen LogP contribution in [0, 0.1) is 0 Å². The lowest BCUT2D eigenvalue weighted by Crippen LogP contribution is -2.44. The van der Waals surface area contributed by atoms with E-state index in [1.165, 1.54) is 18.3 Å².